The first-order valence-electron chi connectivity index (χ1n) is 6.11. The number of nitro benzene ring substituents is 1. The molecule has 0 fully saturated rings. The van der Waals surface area contributed by atoms with E-state index in [-0.39, 0.29) is 12.1 Å². The lowest BCUT2D eigenvalue weighted by Crippen LogP contribution is -2.16. The molecule has 0 atom stereocenters. The highest BCUT2D eigenvalue weighted by Gasteiger charge is 2.22. The van der Waals surface area contributed by atoms with Gasteiger partial charge in [-0.25, -0.2) is 4.79 Å². The molecule has 1 heterocycles. The van der Waals surface area contributed by atoms with E-state index in [2.05, 4.69) is 10.5 Å². The first kappa shape index (κ1) is 14.7. The van der Waals surface area contributed by atoms with E-state index in [0.717, 1.165) is 0 Å². The molecule has 1 aromatic heterocycles. The van der Waals surface area contributed by atoms with Gasteiger partial charge in [0.2, 0.25) is 0 Å². The number of rotatable bonds is 6. The Morgan fingerprint density at radius 2 is 2.24 bits per heavy atom. The van der Waals surface area contributed by atoms with Crippen LogP contribution in [-0.2, 0) is 13.1 Å². The summed E-state index contributed by atoms with van der Waals surface area (Å²) < 4.78 is 4.91. The molecule has 2 aromatic rings. The first-order valence-corrected chi connectivity index (χ1v) is 6.11. The Labute approximate surface area is 119 Å². The lowest BCUT2D eigenvalue weighted by atomic mass is 10.1. The van der Waals surface area contributed by atoms with Gasteiger partial charge in [-0.1, -0.05) is 17.3 Å². The summed E-state index contributed by atoms with van der Waals surface area (Å²) in [7, 11) is 0. The minimum absolute atomic E-state index is 0.176. The van der Waals surface area contributed by atoms with Gasteiger partial charge in [-0.2, -0.15) is 0 Å². The zero-order valence-electron chi connectivity index (χ0n) is 11.2. The van der Waals surface area contributed by atoms with Crippen LogP contribution in [0.15, 0.2) is 28.8 Å². The standard InChI is InChI=1S/C13H13N3O5/c1-8-5-10(15-21-8)7-14-6-9-3-2-4-11(16(19)20)12(9)13(17)18/h2-5,14H,6-7H2,1H3,(H,17,18). The minimum atomic E-state index is -1.32. The van der Waals surface area contributed by atoms with Crippen molar-refractivity contribution in [1.82, 2.24) is 10.5 Å². The van der Waals surface area contributed by atoms with E-state index in [1.807, 2.05) is 0 Å². The third-order valence-corrected chi connectivity index (χ3v) is 2.84. The Morgan fingerprint density at radius 1 is 1.48 bits per heavy atom. The van der Waals surface area contributed by atoms with Gasteiger partial charge in [0.05, 0.1) is 10.6 Å². The molecule has 0 radical (unpaired) electrons. The van der Waals surface area contributed by atoms with Gasteiger partial charge in [0.25, 0.3) is 5.69 Å². The predicted molar refractivity (Wildman–Crippen MR) is 71.8 cm³/mol. The smallest absolute Gasteiger partial charge is 0.343 e. The number of hydrogen-bond acceptors (Lipinski definition) is 6. The van der Waals surface area contributed by atoms with Crippen molar-refractivity contribution in [3.05, 3.63) is 57.0 Å². The third kappa shape index (κ3) is 3.42. The van der Waals surface area contributed by atoms with E-state index in [1.165, 1.54) is 18.2 Å². The fraction of sp³-hybridized carbons (Fsp3) is 0.231. The Balaban J connectivity index is 2.14. The summed E-state index contributed by atoms with van der Waals surface area (Å²) in [5.41, 5.74) is 0.303. The number of aromatic carboxylic acids is 1. The second-order valence-corrected chi connectivity index (χ2v) is 4.41. The van der Waals surface area contributed by atoms with E-state index in [0.29, 0.717) is 23.6 Å². The lowest BCUT2D eigenvalue weighted by Gasteiger charge is -2.07. The van der Waals surface area contributed by atoms with Crippen molar-refractivity contribution in [3.8, 4) is 0 Å². The molecular formula is C13H13N3O5. The lowest BCUT2D eigenvalue weighted by molar-refractivity contribution is -0.385. The van der Waals surface area contributed by atoms with Crippen molar-refractivity contribution in [2.24, 2.45) is 0 Å². The molecule has 1 aromatic carbocycles. The second-order valence-electron chi connectivity index (χ2n) is 4.41. The maximum absolute atomic E-state index is 11.2. The van der Waals surface area contributed by atoms with Crippen LogP contribution in [0.25, 0.3) is 0 Å². The van der Waals surface area contributed by atoms with Crippen molar-refractivity contribution in [3.63, 3.8) is 0 Å². The van der Waals surface area contributed by atoms with E-state index < -0.39 is 16.6 Å². The summed E-state index contributed by atoms with van der Waals surface area (Å²) in [6.07, 6.45) is 0. The number of nitrogens with zero attached hydrogens (tertiary/aromatic N) is 2. The van der Waals surface area contributed by atoms with Gasteiger partial charge >= 0.3 is 5.97 Å². The summed E-state index contributed by atoms with van der Waals surface area (Å²) in [5.74, 6) is -0.648. The average Bonchev–Trinajstić information content (AvgIpc) is 2.83. The topological polar surface area (TPSA) is 119 Å². The molecule has 0 spiro atoms. The Hall–Kier alpha value is -2.74. The summed E-state index contributed by atoms with van der Waals surface area (Å²) in [5, 5.41) is 26.8. The maximum Gasteiger partial charge on any atom is 0.343 e. The molecule has 0 aliphatic rings. The number of benzene rings is 1. The van der Waals surface area contributed by atoms with Gasteiger partial charge in [-0.15, -0.1) is 0 Å². The maximum atomic E-state index is 11.2. The van der Waals surface area contributed by atoms with E-state index in [4.69, 9.17) is 9.63 Å². The van der Waals surface area contributed by atoms with Crippen LogP contribution in [0.1, 0.15) is 27.4 Å². The molecule has 110 valence electrons. The van der Waals surface area contributed by atoms with Crippen LogP contribution >= 0.6 is 0 Å². The van der Waals surface area contributed by atoms with Crippen LogP contribution in [-0.4, -0.2) is 21.2 Å². The summed E-state index contributed by atoms with van der Waals surface area (Å²) in [6, 6.07) is 5.92. The van der Waals surface area contributed by atoms with Crippen molar-refractivity contribution < 1.29 is 19.3 Å². The number of aromatic nitrogens is 1. The Morgan fingerprint density at radius 3 is 2.81 bits per heavy atom. The van der Waals surface area contributed by atoms with Crippen LogP contribution in [0.5, 0.6) is 0 Å². The van der Waals surface area contributed by atoms with Crippen LogP contribution in [0.2, 0.25) is 0 Å². The van der Waals surface area contributed by atoms with E-state index in [1.54, 1.807) is 13.0 Å². The van der Waals surface area contributed by atoms with Crippen LogP contribution in [0.4, 0.5) is 5.69 Å². The van der Waals surface area contributed by atoms with Crippen LogP contribution in [0, 0.1) is 17.0 Å². The molecule has 21 heavy (non-hydrogen) atoms. The highest BCUT2D eigenvalue weighted by Crippen LogP contribution is 2.22. The highest BCUT2D eigenvalue weighted by molar-refractivity contribution is 5.94. The molecule has 8 heteroatoms. The van der Waals surface area contributed by atoms with Gasteiger partial charge in [0.15, 0.2) is 0 Å². The summed E-state index contributed by atoms with van der Waals surface area (Å²) >= 11 is 0. The molecule has 0 amide bonds. The number of aryl methyl sites for hydroxylation is 1. The van der Waals surface area contributed by atoms with E-state index in [9.17, 15) is 14.9 Å². The molecule has 2 rings (SSSR count). The van der Waals surface area contributed by atoms with Gasteiger partial charge in [0, 0.05) is 25.2 Å². The zero-order chi connectivity index (χ0) is 15.4. The molecule has 0 aliphatic heterocycles. The van der Waals surface area contributed by atoms with Crippen molar-refractivity contribution in [2.45, 2.75) is 20.0 Å². The minimum Gasteiger partial charge on any atom is -0.477 e. The highest BCUT2D eigenvalue weighted by atomic mass is 16.6. The fourth-order valence-electron chi connectivity index (χ4n) is 1.96. The van der Waals surface area contributed by atoms with Crippen LogP contribution < -0.4 is 5.32 Å². The zero-order valence-corrected chi connectivity index (χ0v) is 11.2. The second kappa shape index (κ2) is 6.14. The summed E-state index contributed by atoms with van der Waals surface area (Å²) in [6.45, 7) is 2.31. The third-order valence-electron chi connectivity index (χ3n) is 2.84. The number of carbonyl (C=O) groups is 1. The predicted octanol–water partition coefficient (Wildman–Crippen LogP) is 1.88. The van der Waals surface area contributed by atoms with Gasteiger partial charge in [0.1, 0.15) is 11.3 Å². The molecule has 0 bridgehead atoms. The van der Waals surface area contributed by atoms with Gasteiger partial charge in [-0.3, -0.25) is 10.1 Å². The normalized spacial score (nSPS) is 10.5. The fourth-order valence-corrected chi connectivity index (χ4v) is 1.96. The van der Waals surface area contributed by atoms with Gasteiger partial charge in [-0.05, 0) is 12.5 Å². The SMILES string of the molecule is Cc1cc(CNCc2cccc([N+](=O)[O-])c2C(=O)O)no1. The molecule has 0 unspecified atom stereocenters. The number of carboxylic acid groups (broad SMARTS) is 1. The van der Waals surface area contributed by atoms with Crippen LogP contribution in [0.3, 0.4) is 0 Å². The average molecular weight is 291 g/mol. The molecule has 8 nitrogen and oxygen atoms in total. The molecular weight excluding hydrogens is 278 g/mol. The molecule has 2 N–H and O–H groups in total. The summed E-state index contributed by atoms with van der Waals surface area (Å²) in [4.78, 5) is 21.4. The molecule has 0 saturated carbocycles. The quantitative estimate of drug-likeness (QED) is 0.616. The molecule has 0 saturated heterocycles. The largest absolute Gasteiger partial charge is 0.477 e. The monoisotopic (exact) mass is 291 g/mol. The van der Waals surface area contributed by atoms with Gasteiger partial charge < -0.3 is 14.9 Å². The van der Waals surface area contributed by atoms with E-state index >= 15 is 0 Å². The first-order chi connectivity index (χ1) is 9.99. The number of nitrogens with one attached hydrogen (secondary N) is 1. The Bertz CT molecular complexity index is 680. The van der Waals surface area contributed by atoms with Crippen molar-refractivity contribution in [2.75, 3.05) is 0 Å². The molecule has 0 aliphatic carbocycles. The number of nitro groups is 1. The number of hydrogen-bond donors (Lipinski definition) is 2. The number of carboxylic acids is 1. The van der Waals surface area contributed by atoms with Crippen molar-refractivity contribution in [1.29, 1.82) is 0 Å². The Kier molecular flexibility index (Phi) is 4.29. The van der Waals surface area contributed by atoms with Crippen molar-refractivity contribution >= 4 is 11.7 Å².